The van der Waals surface area contributed by atoms with Gasteiger partial charge in [-0.2, -0.15) is 0 Å². The highest BCUT2D eigenvalue weighted by atomic mass is 16.7. The topological polar surface area (TPSA) is 99.5 Å². The normalized spacial score (nSPS) is 38.4. The number of aliphatic hydroxyl groups is 1. The zero-order valence-electron chi connectivity index (χ0n) is 11.9. The van der Waals surface area contributed by atoms with Crippen LogP contribution in [0.25, 0.3) is 0 Å². The molecule has 22 heavy (non-hydrogen) atoms. The maximum Gasteiger partial charge on any atom is 0.342 e. The summed E-state index contributed by atoms with van der Waals surface area (Å²) in [7, 11) is 0. The van der Waals surface area contributed by atoms with Crippen molar-refractivity contribution in [2.75, 3.05) is 0 Å². The summed E-state index contributed by atoms with van der Waals surface area (Å²) in [6.07, 6.45) is 0.493. The molecule has 0 amide bonds. The first-order valence-electron chi connectivity index (χ1n) is 7.24. The number of phenolic OH excluding ortho intramolecular Hbond substituents is 2. The number of aliphatic hydroxyl groups excluding tert-OH is 1. The van der Waals surface area contributed by atoms with Crippen molar-refractivity contribution in [2.24, 2.45) is 0 Å². The van der Waals surface area contributed by atoms with Crippen LogP contribution in [0.15, 0.2) is 23.8 Å². The van der Waals surface area contributed by atoms with Gasteiger partial charge in [-0.05, 0) is 37.5 Å². The van der Waals surface area contributed by atoms with Crippen molar-refractivity contribution in [3.8, 4) is 11.5 Å². The van der Waals surface area contributed by atoms with Crippen LogP contribution in [0.5, 0.6) is 11.5 Å². The maximum atomic E-state index is 12.1. The van der Waals surface area contributed by atoms with Gasteiger partial charge in [0.25, 0.3) is 0 Å². The molecule has 3 N–H and O–H groups in total. The third kappa shape index (κ3) is 1.59. The third-order valence-corrected chi connectivity index (χ3v) is 4.81. The van der Waals surface area contributed by atoms with Crippen LogP contribution in [-0.2, 0) is 14.3 Å². The number of rotatable bonds is 0. The lowest BCUT2D eigenvalue weighted by Gasteiger charge is -2.22. The lowest BCUT2D eigenvalue weighted by molar-refractivity contribution is -0.154. The van der Waals surface area contributed by atoms with Gasteiger partial charge in [0.2, 0.25) is 0 Å². The molecular weight excluding hydrogens is 288 g/mol. The van der Waals surface area contributed by atoms with Gasteiger partial charge < -0.3 is 24.8 Å². The number of phenols is 2. The number of carbonyl (C=O) groups excluding carboxylic acids is 1. The number of benzene rings is 1. The van der Waals surface area contributed by atoms with Crippen molar-refractivity contribution in [3.63, 3.8) is 0 Å². The smallest absolute Gasteiger partial charge is 0.342 e. The minimum atomic E-state index is -1.08. The summed E-state index contributed by atoms with van der Waals surface area (Å²) in [5.74, 6) is -0.731. The number of epoxide rings is 1. The summed E-state index contributed by atoms with van der Waals surface area (Å²) in [4.78, 5) is 12.1. The molecule has 0 spiro atoms. The minimum absolute atomic E-state index is 0.135. The molecule has 2 saturated heterocycles. The second kappa shape index (κ2) is 4.24. The molecule has 2 heterocycles. The van der Waals surface area contributed by atoms with E-state index in [1.54, 1.807) is 6.92 Å². The van der Waals surface area contributed by atoms with Crippen LogP contribution in [0, 0.1) is 0 Å². The molecule has 6 heteroatoms. The van der Waals surface area contributed by atoms with E-state index in [0.29, 0.717) is 18.4 Å². The van der Waals surface area contributed by atoms with Crippen LogP contribution in [0.2, 0.25) is 0 Å². The van der Waals surface area contributed by atoms with Crippen LogP contribution in [0.4, 0.5) is 0 Å². The molecule has 0 unspecified atom stereocenters. The van der Waals surface area contributed by atoms with E-state index < -0.39 is 29.9 Å². The predicted octanol–water partition coefficient (Wildman–Crippen LogP) is 1.61. The van der Waals surface area contributed by atoms with Crippen molar-refractivity contribution < 1.29 is 29.6 Å². The largest absolute Gasteiger partial charge is 0.508 e. The number of hydrogen-bond donors (Lipinski definition) is 3. The van der Waals surface area contributed by atoms with E-state index in [1.807, 2.05) is 6.08 Å². The molecule has 1 aromatic carbocycles. The quantitative estimate of drug-likeness (QED) is 0.291. The summed E-state index contributed by atoms with van der Waals surface area (Å²) in [5, 5.41) is 30.9. The van der Waals surface area contributed by atoms with Gasteiger partial charge in [0, 0.05) is 11.1 Å². The van der Waals surface area contributed by atoms with E-state index in [4.69, 9.17) is 9.47 Å². The van der Waals surface area contributed by atoms with Crippen LogP contribution in [0.1, 0.15) is 43.1 Å². The standard InChI is InChI=1S/C16H16O6/c1-7-3-2-6-16-14(22-16)13(21-15(16)20)11-9(18)5-4-8(17)10(11)12(7)19/h3-5,12-14,17-19H,2,6H2,1H3/b7-3+/t12-,13+,14+,16+/m1/s1. The van der Waals surface area contributed by atoms with Crippen molar-refractivity contribution in [1.82, 2.24) is 0 Å². The highest BCUT2D eigenvalue weighted by Crippen LogP contribution is 2.58. The zero-order valence-corrected chi connectivity index (χ0v) is 11.9. The zero-order chi connectivity index (χ0) is 15.6. The molecule has 1 aromatic rings. The second-order valence-corrected chi connectivity index (χ2v) is 6.07. The van der Waals surface area contributed by atoms with E-state index in [0.717, 1.165) is 0 Å². The molecule has 4 atom stereocenters. The van der Waals surface area contributed by atoms with E-state index in [1.165, 1.54) is 12.1 Å². The van der Waals surface area contributed by atoms with Crippen molar-refractivity contribution >= 4 is 5.97 Å². The monoisotopic (exact) mass is 304 g/mol. The lowest BCUT2D eigenvalue weighted by Crippen LogP contribution is -2.22. The molecule has 0 aromatic heterocycles. The first kappa shape index (κ1) is 13.6. The van der Waals surface area contributed by atoms with Crippen LogP contribution in [0.3, 0.4) is 0 Å². The van der Waals surface area contributed by atoms with Gasteiger partial charge in [-0.1, -0.05) is 6.08 Å². The van der Waals surface area contributed by atoms with Gasteiger partial charge in [0.1, 0.15) is 23.7 Å². The Morgan fingerprint density at radius 2 is 1.91 bits per heavy atom. The second-order valence-electron chi connectivity index (χ2n) is 6.07. The Morgan fingerprint density at radius 3 is 2.59 bits per heavy atom. The Kier molecular flexibility index (Phi) is 2.62. The van der Waals surface area contributed by atoms with Gasteiger partial charge in [0.05, 0.1) is 0 Å². The molecular formula is C16H16O6. The predicted molar refractivity (Wildman–Crippen MR) is 74.2 cm³/mol. The Morgan fingerprint density at radius 1 is 1.23 bits per heavy atom. The molecule has 2 fully saturated rings. The number of allylic oxidation sites excluding steroid dienone is 1. The van der Waals surface area contributed by atoms with Crippen molar-refractivity contribution in [2.45, 2.75) is 43.7 Å². The summed E-state index contributed by atoms with van der Waals surface area (Å²) in [5.41, 5.74) is 0.0861. The lowest BCUT2D eigenvalue weighted by atomic mass is 9.87. The first-order chi connectivity index (χ1) is 10.5. The van der Waals surface area contributed by atoms with Crippen molar-refractivity contribution in [1.29, 1.82) is 0 Å². The fraction of sp³-hybridized carbons (Fsp3) is 0.438. The van der Waals surface area contributed by atoms with Gasteiger partial charge >= 0.3 is 5.97 Å². The minimum Gasteiger partial charge on any atom is -0.508 e. The number of fused-ring (bicyclic) bond motifs is 2. The molecule has 1 aliphatic carbocycles. The molecule has 116 valence electrons. The Labute approximate surface area is 126 Å². The van der Waals surface area contributed by atoms with Gasteiger partial charge in [-0.3, -0.25) is 0 Å². The maximum absolute atomic E-state index is 12.1. The Bertz CT molecular complexity index is 709. The average Bonchev–Trinajstić information content (AvgIpc) is 3.15. The molecule has 0 radical (unpaired) electrons. The van der Waals surface area contributed by atoms with E-state index in [9.17, 15) is 20.1 Å². The Balaban J connectivity index is 1.95. The Hall–Kier alpha value is -2.05. The number of hydrogen-bond acceptors (Lipinski definition) is 6. The molecule has 4 rings (SSSR count). The number of aromatic hydroxyl groups is 2. The highest BCUT2D eigenvalue weighted by molar-refractivity contribution is 5.87. The molecule has 2 bridgehead atoms. The van der Waals surface area contributed by atoms with Gasteiger partial charge in [0.15, 0.2) is 11.7 Å². The van der Waals surface area contributed by atoms with Crippen molar-refractivity contribution in [3.05, 3.63) is 34.9 Å². The van der Waals surface area contributed by atoms with Crippen LogP contribution < -0.4 is 0 Å². The van der Waals surface area contributed by atoms with Gasteiger partial charge in [-0.25, -0.2) is 4.79 Å². The first-order valence-corrected chi connectivity index (χ1v) is 7.24. The average molecular weight is 304 g/mol. The molecule has 0 saturated carbocycles. The van der Waals surface area contributed by atoms with E-state index in [2.05, 4.69) is 0 Å². The SMILES string of the molecule is C/C1=C\CC[C@]23O[C@H]2[C@@H](OC3=O)c2c(O)ccc(O)c2[C@@H]1O. The molecule has 2 aliphatic heterocycles. The number of carbonyl (C=O) groups is 1. The summed E-state index contributed by atoms with van der Waals surface area (Å²) < 4.78 is 11.0. The molecule has 6 nitrogen and oxygen atoms in total. The summed E-state index contributed by atoms with van der Waals surface area (Å²) in [6.45, 7) is 1.74. The third-order valence-electron chi connectivity index (χ3n) is 4.81. The number of esters is 1. The fourth-order valence-electron chi connectivity index (χ4n) is 3.51. The van der Waals surface area contributed by atoms with Crippen LogP contribution >= 0.6 is 0 Å². The summed E-state index contributed by atoms with van der Waals surface area (Å²) >= 11 is 0. The fourth-order valence-corrected chi connectivity index (χ4v) is 3.51. The van der Waals surface area contributed by atoms with E-state index in [-0.39, 0.29) is 22.6 Å². The van der Waals surface area contributed by atoms with Crippen LogP contribution in [-0.4, -0.2) is 33.0 Å². The van der Waals surface area contributed by atoms with Gasteiger partial charge in [-0.15, -0.1) is 0 Å². The van der Waals surface area contributed by atoms with E-state index >= 15 is 0 Å². The molecule has 3 aliphatic rings. The summed E-state index contributed by atoms with van der Waals surface area (Å²) in [6, 6.07) is 2.64. The highest BCUT2D eigenvalue weighted by Gasteiger charge is 2.73. The number of ether oxygens (including phenoxy) is 2.